The lowest BCUT2D eigenvalue weighted by Crippen LogP contribution is -2.15. The first kappa shape index (κ1) is 13.8. The average molecular weight is 265 g/mol. The first-order valence-electron chi connectivity index (χ1n) is 6.27. The highest BCUT2D eigenvalue weighted by Crippen LogP contribution is 2.06. The van der Waals surface area contributed by atoms with Crippen LogP contribution in [0.5, 0.6) is 0 Å². The average Bonchev–Trinajstić information content (AvgIpc) is 2.48. The van der Waals surface area contributed by atoms with Crippen molar-refractivity contribution < 1.29 is 4.79 Å². The highest BCUT2D eigenvalue weighted by molar-refractivity contribution is 5.92. The first-order valence-corrected chi connectivity index (χ1v) is 6.27. The SMILES string of the molecule is N#Cc1cccc(CNCc2cccc(C(N)=O)c2)c1. The molecule has 0 atom stereocenters. The van der Waals surface area contributed by atoms with Crippen LogP contribution in [0.1, 0.15) is 27.0 Å². The lowest BCUT2D eigenvalue weighted by Gasteiger charge is -2.06. The molecule has 4 heteroatoms. The molecular weight excluding hydrogens is 250 g/mol. The molecule has 2 aromatic carbocycles. The quantitative estimate of drug-likeness (QED) is 0.867. The van der Waals surface area contributed by atoms with E-state index in [2.05, 4.69) is 11.4 Å². The van der Waals surface area contributed by atoms with E-state index in [0.717, 1.165) is 11.1 Å². The number of nitrogens with two attached hydrogens (primary N) is 1. The highest BCUT2D eigenvalue weighted by Gasteiger charge is 2.01. The second-order valence-corrected chi connectivity index (χ2v) is 4.48. The first-order chi connectivity index (χ1) is 9.69. The molecule has 0 saturated carbocycles. The van der Waals surface area contributed by atoms with E-state index in [9.17, 15) is 4.79 Å². The molecule has 0 bridgehead atoms. The number of benzene rings is 2. The summed E-state index contributed by atoms with van der Waals surface area (Å²) in [4.78, 5) is 11.1. The van der Waals surface area contributed by atoms with Crippen molar-refractivity contribution in [3.8, 4) is 6.07 Å². The smallest absolute Gasteiger partial charge is 0.248 e. The molecule has 4 nitrogen and oxygen atoms in total. The Labute approximate surface area is 117 Å². The van der Waals surface area contributed by atoms with Gasteiger partial charge in [0, 0.05) is 18.7 Å². The van der Waals surface area contributed by atoms with Gasteiger partial charge in [0.1, 0.15) is 0 Å². The number of nitrogens with one attached hydrogen (secondary N) is 1. The van der Waals surface area contributed by atoms with Crippen molar-refractivity contribution in [1.29, 1.82) is 5.26 Å². The minimum absolute atomic E-state index is 0.423. The number of rotatable bonds is 5. The van der Waals surface area contributed by atoms with Crippen LogP contribution in [0.25, 0.3) is 0 Å². The zero-order chi connectivity index (χ0) is 14.4. The van der Waals surface area contributed by atoms with Crippen molar-refractivity contribution in [2.45, 2.75) is 13.1 Å². The molecule has 0 heterocycles. The number of nitrogens with zero attached hydrogens (tertiary/aromatic N) is 1. The molecule has 3 N–H and O–H groups in total. The molecule has 1 amide bonds. The fourth-order valence-electron chi connectivity index (χ4n) is 1.94. The van der Waals surface area contributed by atoms with E-state index >= 15 is 0 Å². The van der Waals surface area contributed by atoms with Gasteiger partial charge in [-0.1, -0.05) is 24.3 Å². The van der Waals surface area contributed by atoms with Gasteiger partial charge in [-0.15, -0.1) is 0 Å². The summed E-state index contributed by atoms with van der Waals surface area (Å²) in [7, 11) is 0. The van der Waals surface area contributed by atoms with Crippen molar-refractivity contribution in [2.24, 2.45) is 5.73 Å². The van der Waals surface area contributed by atoms with Crippen molar-refractivity contribution in [3.63, 3.8) is 0 Å². The predicted octanol–water partition coefficient (Wildman–Crippen LogP) is 1.95. The Morgan fingerprint density at radius 2 is 1.75 bits per heavy atom. The Morgan fingerprint density at radius 3 is 2.40 bits per heavy atom. The molecule has 0 aliphatic carbocycles. The maximum Gasteiger partial charge on any atom is 0.248 e. The maximum atomic E-state index is 11.1. The van der Waals surface area contributed by atoms with Crippen LogP contribution < -0.4 is 11.1 Å². The number of carbonyl (C=O) groups is 1. The third-order valence-corrected chi connectivity index (χ3v) is 2.93. The maximum absolute atomic E-state index is 11.1. The predicted molar refractivity (Wildman–Crippen MR) is 76.7 cm³/mol. The molecule has 0 radical (unpaired) electrons. The van der Waals surface area contributed by atoms with E-state index in [0.29, 0.717) is 24.2 Å². The van der Waals surface area contributed by atoms with E-state index in [4.69, 9.17) is 11.0 Å². The summed E-state index contributed by atoms with van der Waals surface area (Å²) < 4.78 is 0. The topological polar surface area (TPSA) is 78.9 Å². The third-order valence-electron chi connectivity index (χ3n) is 2.93. The number of hydrogen-bond donors (Lipinski definition) is 2. The van der Waals surface area contributed by atoms with Crippen molar-refractivity contribution in [1.82, 2.24) is 5.32 Å². The van der Waals surface area contributed by atoms with Crippen LogP contribution >= 0.6 is 0 Å². The molecule has 0 aliphatic rings. The summed E-state index contributed by atoms with van der Waals surface area (Å²) in [6.07, 6.45) is 0. The zero-order valence-corrected chi connectivity index (χ0v) is 11.0. The molecule has 0 fully saturated rings. The molecule has 20 heavy (non-hydrogen) atoms. The van der Waals surface area contributed by atoms with Crippen LogP contribution in [0.15, 0.2) is 48.5 Å². The van der Waals surface area contributed by atoms with Gasteiger partial charge in [0.25, 0.3) is 0 Å². The summed E-state index contributed by atoms with van der Waals surface area (Å²) in [5, 5.41) is 12.1. The highest BCUT2D eigenvalue weighted by atomic mass is 16.1. The molecule has 0 aliphatic heterocycles. The molecule has 2 rings (SSSR count). The molecule has 0 spiro atoms. The van der Waals surface area contributed by atoms with Gasteiger partial charge in [-0.2, -0.15) is 5.26 Å². The van der Waals surface area contributed by atoms with Crippen LogP contribution in [0.2, 0.25) is 0 Å². The van der Waals surface area contributed by atoms with Gasteiger partial charge in [-0.25, -0.2) is 0 Å². The van der Waals surface area contributed by atoms with Crippen molar-refractivity contribution >= 4 is 5.91 Å². The lowest BCUT2D eigenvalue weighted by atomic mass is 10.1. The Hall–Kier alpha value is -2.64. The fourth-order valence-corrected chi connectivity index (χ4v) is 1.94. The van der Waals surface area contributed by atoms with Gasteiger partial charge in [-0.05, 0) is 35.4 Å². The van der Waals surface area contributed by atoms with E-state index in [1.165, 1.54) is 0 Å². The van der Waals surface area contributed by atoms with E-state index in [1.54, 1.807) is 18.2 Å². The van der Waals surface area contributed by atoms with Gasteiger partial charge in [-0.3, -0.25) is 4.79 Å². The van der Waals surface area contributed by atoms with Crippen molar-refractivity contribution in [3.05, 3.63) is 70.8 Å². The standard InChI is InChI=1S/C16H15N3O/c17-9-12-3-1-4-13(7-12)10-19-11-14-5-2-6-15(8-14)16(18)20/h1-8,19H,10-11H2,(H2,18,20). The van der Waals surface area contributed by atoms with Crippen molar-refractivity contribution in [2.75, 3.05) is 0 Å². The molecule has 100 valence electrons. The Kier molecular flexibility index (Phi) is 4.48. The summed E-state index contributed by atoms with van der Waals surface area (Å²) in [5.74, 6) is -0.423. The normalized spacial score (nSPS) is 9.95. The van der Waals surface area contributed by atoms with Gasteiger partial charge in [0.05, 0.1) is 11.6 Å². The Balaban J connectivity index is 1.94. The second-order valence-electron chi connectivity index (χ2n) is 4.48. The minimum Gasteiger partial charge on any atom is -0.366 e. The summed E-state index contributed by atoms with van der Waals surface area (Å²) in [6, 6.07) is 16.8. The van der Waals surface area contributed by atoms with Crippen LogP contribution in [0.3, 0.4) is 0 Å². The minimum atomic E-state index is -0.423. The molecule has 2 aromatic rings. The number of primary amides is 1. The molecule has 0 saturated heterocycles. The van der Waals surface area contributed by atoms with Gasteiger partial charge in [0.15, 0.2) is 0 Å². The number of carbonyl (C=O) groups excluding carboxylic acids is 1. The number of nitriles is 1. The monoisotopic (exact) mass is 265 g/mol. The summed E-state index contributed by atoms with van der Waals surface area (Å²) in [5.41, 5.74) is 8.46. The van der Waals surface area contributed by atoms with Gasteiger partial charge >= 0.3 is 0 Å². The van der Waals surface area contributed by atoms with E-state index in [1.807, 2.05) is 30.3 Å². The summed E-state index contributed by atoms with van der Waals surface area (Å²) >= 11 is 0. The number of hydrogen-bond acceptors (Lipinski definition) is 3. The van der Waals surface area contributed by atoms with Crippen LogP contribution in [0.4, 0.5) is 0 Å². The van der Waals surface area contributed by atoms with Crippen LogP contribution in [0, 0.1) is 11.3 Å². The van der Waals surface area contributed by atoms with Gasteiger partial charge < -0.3 is 11.1 Å². The molecular formula is C16H15N3O. The fraction of sp³-hybridized carbons (Fsp3) is 0.125. The van der Waals surface area contributed by atoms with Crippen LogP contribution in [-0.4, -0.2) is 5.91 Å². The molecule has 0 aromatic heterocycles. The Morgan fingerprint density at radius 1 is 1.10 bits per heavy atom. The van der Waals surface area contributed by atoms with E-state index in [-0.39, 0.29) is 0 Å². The number of amides is 1. The Bertz CT molecular complexity index is 659. The van der Waals surface area contributed by atoms with Gasteiger partial charge in [0.2, 0.25) is 5.91 Å². The lowest BCUT2D eigenvalue weighted by molar-refractivity contribution is 0.1000. The third kappa shape index (κ3) is 3.67. The second kappa shape index (κ2) is 6.50. The molecule has 0 unspecified atom stereocenters. The van der Waals surface area contributed by atoms with Crippen LogP contribution in [-0.2, 0) is 13.1 Å². The zero-order valence-electron chi connectivity index (χ0n) is 11.0. The van der Waals surface area contributed by atoms with E-state index < -0.39 is 5.91 Å². The summed E-state index contributed by atoms with van der Waals surface area (Å²) in [6.45, 7) is 1.30. The largest absolute Gasteiger partial charge is 0.366 e.